The van der Waals surface area contributed by atoms with E-state index in [2.05, 4.69) is 34.1 Å². The van der Waals surface area contributed by atoms with Gasteiger partial charge in [-0.2, -0.15) is 5.10 Å². The Kier molecular flexibility index (Phi) is 5.60. The number of nitrogens with zero attached hydrogens (tertiary/aromatic N) is 6. The first-order valence-corrected chi connectivity index (χ1v) is 10.2. The summed E-state index contributed by atoms with van der Waals surface area (Å²) in [5.41, 5.74) is 2.37. The van der Waals surface area contributed by atoms with Crippen molar-refractivity contribution in [2.45, 2.75) is 39.7 Å². The van der Waals surface area contributed by atoms with Gasteiger partial charge in [-0.15, -0.1) is 10.2 Å². The molecule has 1 aromatic carbocycles. The van der Waals surface area contributed by atoms with Crippen LogP contribution in [0.2, 0.25) is 0 Å². The van der Waals surface area contributed by atoms with Crippen LogP contribution in [0.4, 0.5) is 0 Å². The van der Waals surface area contributed by atoms with Crippen molar-refractivity contribution < 1.29 is 4.74 Å². The summed E-state index contributed by atoms with van der Waals surface area (Å²) in [7, 11) is 1.86. The molecule has 0 aliphatic heterocycles. The molecule has 3 aromatic heterocycles. The van der Waals surface area contributed by atoms with Crippen LogP contribution in [0, 0.1) is 0 Å². The first kappa shape index (κ1) is 19.8. The zero-order chi connectivity index (χ0) is 21.1. The number of aromatic nitrogens is 7. The fraction of sp³-hybridized carbons (Fsp3) is 0.381. The quantitative estimate of drug-likeness (QED) is 0.482. The molecule has 0 unspecified atom stereocenters. The highest BCUT2D eigenvalue weighted by atomic mass is 16.5. The van der Waals surface area contributed by atoms with E-state index in [0.29, 0.717) is 41.6 Å². The average Bonchev–Trinajstić information content (AvgIpc) is 3.31. The van der Waals surface area contributed by atoms with Gasteiger partial charge in [0.1, 0.15) is 30.0 Å². The van der Waals surface area contributed by atoms with Crippen molar-refractivity contribution in [3.63, 3.8) is 0 Å². The molecule has 0 atom stereocenters. The van der Waals surface area contributed by atoms with E-state index < -0.39 is 0 Å². The molecule has 9 heteroatoms. The van der Waals surface area contributed by atoms with Crippen molar-refractivity contribution in [3.05, 3.63) is 52.5 Å². The highest BCUT2D eigenvalue weighted by Crippen LogP contribution is 2.28. The lowest BCUT2D eigenvalue weighted by Crippen LogP contribution is -2.16. The number of benzene rings is 1. The summed E-state index contributed by atoms with van der Waals surface area (Å²) < 4.78 is 9.33. The van der Waals surface area contributed by atoms with E-state index in [1.165, 1.54) is 0 Å². The number of hydrogen-bond acceptors (Lipinski definition) is 6. The van der Waals surface area contributed by atoms with Gasteiger partial charge >= 0.3 is 0 Å². The molecule has 0 amide bonds. The molecule has 0 saturated heterocycles. The van der Waals surface area contributed by atoms with Crippen LogP contribution in [0.25, 0.3) is 22.4 Å². The molecule has 1 N–H and O–H groups in total. The summed E-state index contributed by atoms with van der Waals surface area (Å²) in [6.45, 7) is 5.07. The highest BCUT2D eigenvalue weighted by Gasteiger charge is 2.19. The van der Waals surface area contributed by atoms with Crippen LogP contribution in [-0.4, -0.2) is 41.1 Å². The molecule has 30 heavy (non-hydrogen) atoms. The van der Waals surface area contributed by atoms with E-state index in [0.717, 1.165) is 30.5 Å². The fourth-order valence-corrected chi connectivity index (χ4v) is 3.38. The monoisotopic (exact) mass is 407 g/mol. The summed E-state index contributed by atoms with van der Waals surface area (Å²) in [4.78, 5) is 20.8. The third kappa shape index (κ3) is 3.70. The van der Waals surface area contributed by atoms with Gasteiger partial charge in [0, 0.05) is 7.05 Å². The summed E-state index contributed by atoms with van der Waals surface area (Å²) in [6.07, 6.45) is 4.15. The zero-order valence-electron chi connectivity index (χ0n) is 17.4. The van der Waals surface area contributed by atoms with Crippen molar-refractivity contribution in [1.29, 1.82) is 0 Å². The second-order valence-corrected chi connectivity index (χ2v) is 7.17. The van der Waals surface area contributed by atoms with Crippen LogP contribution < -0.4 is 10.3 Å². The number of aryl methyl sites for hydroxylation is 2. The number of fused-ring (bicyclic) bond motifs is 1. The molecular formula is C21H25N7O2. The van der Waals surface area contributed by atoms with Gasteiger partial charge in [0.15, 0.2) is 11.3 Å². The van der Waals surface area contributed by atoms with Gasteiger partial charge in [-0.25, -0.2) is 9.67 Å². The number of para-hydroxylation sites is 1. The second kappa shape index (κ2) is 8.48. The van der Waals surface area contributed by atoms with Crippen molar-refractivity contribution in [3.8, 4) is 17.1 Å². The van der Waals surface area contributed by atoms with Gasteiger partial charge < -0.3 is 14.3 Å². The van der Waals surface area contributed by atoms with Crippen LogP contribution in [0.15, 0.2) is 35.4 Å². The van der Waals surface area contributed by atoms with Crippen LogP contribution in [-0.2, 0) is 20.0 Å². The van der Waals surface area contributed by atoms with Gasteiger partial charge in [-0.3, -0.25) is 4.79 Å². The van der Waals surface area contributed by atoms with Crippen LogP contribution in [0.3, 0.4) is 0 Å². The maximum atomic E-state index is 13.1. The van der Waals surface area contributed by atoms with Crippen LogP contribution in [0.1, 0.15) is 38.2 Å². The van der Waals surface area contributed by atoms with Gasteiger partial charge in [0.2, 0.25) is 0 Å². The molecule has 0 spiro atoms. The van der Waals surface area contributed by atoms with E-state index in [4.69, 9.17) is 9.72 Å². The molecule has 0 saturated carbocycles. The van der Waals surface area contributed by atoms with Crippen molar-refractivity contribution >= 4 is 11.0 Å². The summed E-state index contributed by atoms with van der Waals surface area (Å²) in [5, 5.41) is 12.7. The maximum Gasteiger partial charge on any atom is 0.277 e. The van der Waals surface area contributed by atoms with E-state index in [1.54, 1.807) is 11.0 Å². The summed E-state index contributed by atoms with van der Waals surface area (Å²) in [6, 6.07) is 7.60. The summed E-state index contributed by atoms with van der Waals surface area (Å²) in [5.74, 6) is 1.89. The first-order chi connectivity index (χ1) is 14.6. The van der Waals surface area contributed by atoms with Gasteiger partial charge in [0.25, 0.3) is 5.56 Å². The standard InChI is InChI=1S/C21H25N7O2/c1-4-8-15-18-19(28(26-15)12-17-25-22-13-27(17)3)21(29)24-20(23-18)14-9-6-7-10-16(14)30-11-5-2/h6-7,9-10,13H,4-5,8,11-12H2,1-3H3,(H,23,24,29). The predicted molar refractivity (Wildman–Crippen MR) is 113 cm³/mol. The van der Waals surface area contributed by atoms with E-state index in [9.17, 15) is 4.79 Å². The normalized spacial score (nSPS) is 11.3. The lowest BCUT2D eigenvalue weighted by molar-refractivity contribution is 0.318. The van der Waals surface area contributed by atoms with Gasteiger partial charge in [-0.1, -0.05) is 32.4 Å². The van der Waals surface area contributed by atoms with Crippen molar-refractivity contribution in [2.75, 3.05) is 6.61 Å². The van der Waals surface area contributed by atoms with Crippen molar-refractivity contribution in [2.24, 2.45) is 7.05 Å². The Bertz CT molecular complexity index is 1220. The molecule has 4 aromatic rings. The Morgan fingerprint density at radius 2 is 2.00 bits per heavy atom. The number of H-pyrrole nitrogens is 1. The largest absolute Gasteiger partial charge is 0.493 e. The molecule has 0 radical (unpaired) electrons. The molecule has 156 valence electrons. The average molecular weight is 407 g/mol. The van der Waals surface area contributed by atoms with E-state index in [1.807, 2.05) is 35.9 Å². The topological polar surface area (TPSA) is 104 Å². The molecule has 3 heterocycles. The Hall–Kier alpha value is -3.49. The highest BCUT2D eigenvalue weighted by molar-refractivity contribution is 5.79. The summed E-state index contributed by atoms with van der Waals surface area (Å²) >= 11 is 0. The Morgan fingerprint density at radius 3 is 2.73 bits per heavy atom. The zero-order valence-corrected chi connectivity index (χ0v) is 17.4. The minimum absolute atomic E-state index is 0.239. The minimum Gasteiger partial charge on any atom is -0.493 e. The molecule has 0 bridgehead atoms. The van der Waals surface area contributed by atoms with E-state index >= 15 is 0 Å². The maximum absolute atomic E-state index is 13.1. The fourth-order valence-electron chi connectivity index (χ4n) is 3.38. The molecule has 0 fully saturated rings. The van der Waals surface area contributed by atoms with Crippen LogP contribution in [0.5, 0.6) is 5.75 Å². The minimum atomic E-state index is -0.239. The predicted octanol–water partition coefficient (Wildman–Crippen LogP) is 2.70. The number of aromatic amines is 1. The van der Waals surface area contributed by atoms with Crippen molar-refractivity contribution in [1.82, 2.24) is 34.5 Å². The molecular weight excluding hydrogens is 382 g/mol. The molecule has 9 nitrogen and oxygen atoms in total. The van der Waals surface area contributed by atoms with Gasteiger partial charge in [0.05, 0.1) is 17.9 Å². The first-order valence-electron chi connectivity index (χ1n) is 10.2. The third-order valence-corrected chi connectivity index (χ3v) is 4.85. The smallest absolute Gasteiger partial charge is 0.277 e. The number of ether oxygens (including phenoxy) is 1. The van der Waals surface area contributed by atoms with Gasteiger partial charge in [-0.05, 0) is 25.0 Å². The molecule has 0 aliphatic rings. The van der Waals surface area contributed by atoms with E-state index in [-0.39, 0.29) is 5.56 Å². The number of hydrogen-bond donors (Lipinski definition) is 1. The van der Waals surface area contributed by atoms with Crippen LogP contribution >= 0.6 is 0 Å². The Morgan fingerprint density at radius 1 is 1.17 bits per heavy atom. The SMILES string of the molecule is CCCOc1ccccc1-c1nc2c(CCC)nn(Cc3nncn3C)c2c(=O)[nH]1. The lowest BCUT2D eigenvalue weighted by Gasteiger charge is -2.10. The Balaban J connectivity index is 1.85. The number of nitrogens with one attached hydrogen (secondary N) is 1. The Labute approximate surface area is 173 Å². The lowest BCUT2D eigenvalue weighted by atomic mass is 10.1. The molecule has 4 rings (SSSR count). The molecule has 0 aliphatic carbocycles. The second-order valence-electron chi connectivity index (χ2n) is 7.17. The number of rotatable bonds is 8. The third-order valence-electron chi connectivity index (χ3n) is 4.85.